The number of amides is 1. The quantitative estimate of drug-likeness (QED) is 0.800. The maximum Gasteiger partial charge on any atom is 0.242 e. The van der Waals surface area contributed by atoms with E-state index in [0.29, 0.717) is 5.92 Å². The van der Waals surface area contributed by atoms with Gasteiger partial charge in [0.2, 0.25) is 5.91 Å². The molecule has 1 fully saturated rings. The Morgan fingerprint density at radius 2 is 1.75 bits per heavy atom. The second-order valence-corrected chi connectivity index (χ2v) is 6.52. The van der Waals surface area contributed by atoms with Gasteiger partial charge in [-0.15, -0.1) is 0 Å². The van der Waals surface area contributed by atoms with Crippen LogP contribution in [0.25, 0.3) is 0 Å². The molecule has 1 aliphatic carbocycles. The molecule has 0 heterocycles. The van der Waals surface area contributed by atoms with Crippen LogP contribution in [0.15, 0.2) is 0 Å². The lowest BCUT2D eigenvalue weighted by Crippen LogP contribution is -2.57. The molecule has 0 bridgehead atoms. The SMILES string of the molecule is CC(N(C)C(=O)C(C)(N)C1CC1)C(C)(C)C. The van der Waals surface area contributed by atoms with Crippen molar-refractivity contribution in [2.24, 2.45) is 17.1 Å². The average molecular weight is 226 g/mol. The van der Waals surface area contributed by atoms with Crippen LogP contribution < -0.4 is 5.73 Å². The predicted molar refractivity (Wildman–Crippen MR) is 67.0 cm³/mol. The first-order chi connectivity index (χ1) is 7.08. The van der Waals surface area contributed by atoms with Gasteiger partial charge in [-0.3, -0.25) is 4.79 Å². The first-order valence-corrected chi connectivity index (χ1v) is 6.14. The summed E-state index contributed by atoms with van der Waals surface area (Å²) in [4.78, 5) is 14.2. The summed E-state index contributed by atoms with van der Waals surface area (Å²) in [6.07, 6.45) is 2.19. The fraction of sp³-hybridized carbons (Fsp3) is 0.923. The summed E-state index contributed by atoms with van der Waals surface area (Å²) in [7, 11) is 1.87. The number of rotatable bonds is 3. The molecule has 1 amide bonds. The van der Waals surface area contributed by atoms with E-state index in [1.54, 1.807) is 0 Å². The molecule has 2 unspecified atom stereocenters. The molecule has 0 aromatic heterocycles. The zero-order valence-electron chi connectivity index (χ0n) is 11.5. The Morgan fingerprint density at radius 3 is 2.06 bits per heavy atom. The fourth-order valence-electron chi connectivity index (χ4n) is 1.99. The highest BCUT2D eigenvalue weighted by molar-refractivity contribution is 5.86. The standard InChI is InChI=1S/C13H26N2O/c1-9(12(2,3)4)15(6)11(16)13(5,14)10-7-8-10/h9-10H,7-8,14H2,1-6H3. The van der Waals surface area contributed by atoms with Crippen molar-refractivity contribution in [2.75, 3.05) is 7.05 Å². The molecule has 2 atom stereocenters. The van der Waals surface area contributed by atoms with E-state index in [4.69, 9.17) is 5.73 Å². The monoisotopic (exact) mass is 226 g/mol. The number of carbonyl (C=O) groups is 1. The summed E-state index contributed by atoms with van der Waals surface area (Å²) in [6.45, 7) is 10.4. The van der Waals surface area contributed by atoms with Crippen LogP contribution in [-0.2, 0) is 4.79 Å². The fourth-order valence-corrected chi connectivity index (χ4v) is 1.99. The Hall–Kier alpha value is -0.570. The van der Waals surface area contributed by atoms with E-state index in [1.807, 2.05) is 18.9 Å². The number of hydrogen-bond donors (Lipinski definition) is 1. The third-order valence-corrected chi connectivity index (χ3v) is 4.04. The zero-order valence-corrected chi connectivity index (χ0v) is 11.5. The van der Waals surface area contributed by atoms with Gasteiger partial charge in [-0.25, -0.2) is 0 Å². The molecule has 3 nitrogen and oxygen atoms in total. The molecule has 16 heavy (non-hydrogen) atoms. The topological polar surface area (TPSA) is 46.3 Å². The second kappa shape index (κ2) is 4.02. The maximum atomic E-state index is 12.3. The first-order valence-electron chi connectivity index (χ1n) is 6.14. The lowest BCUT2D eigenvalue weighted by molar-refractivity contribution is -0.139. The number of nitrogens with two attached hydrogens (primary N) is 1. The van der Waals surface area contributed by atoms with E-state index in [9.17, 15) is 4.79 Å². The molecule has 0 saturated heterocycles. The van der Waals surface area contributed by atoms with Crippen LogP contribution in [0.3, 0.4) is 0 Å². The van der Waals surface area contributed by atoms with Gasteiger partial charge in [-0.1, -0.05) is 20.8 Å². The summed E-state index contributed by atoms with van der Waals surface area (Å²) >= 11 is 0. The molecule has 0 radical (unpaired) electrons. The minimum atomic E-state index is -0.672. The molecule has 1 rings (SSSR count). The molecule has 0 spiro atoms. The van der Waals surface area contributed by atoms with Crippen molar-refractivity contribution in [3.8, 4) is 0 Å². The van der Waals surface area contributed by atoms with Crippen LogP contribution in [0.4, 0.5) is 0 Å². The van der Waals surface area contributed by atoms with E-state index >= 15 is 0 Å². The van der Waals surface area contributed by atoms with Crippen molar-refractivity contribution in [1.29, 1.82) is 0 Å². The number of hydrogen-bond acceptors (Lipinski definition) is 2. The Bertz CT molecular complexity index is 274. The van der Waals surface area contributed by atoms with Crippen molar-refractivity contribution in [2.45, 2.75) is 59.0 Å². The molecule has 1 aliphatic rings. The van der Waals surface area contributed by atoms with E-state index in [0.717, 1.165) is 12.8 Å². The first kappa shape index (κ1) is 13.5. The predicted octanol–water partition coefficient (Wildman–Crippen LogP) is 2.01. The normalized spacial score (nSPS) is 22.4. The van der Waals surface area contributed by atoms with Gasteiger partial charge in [0.05, 0.1) is 5.54 Å². The minimum absolute atomic E-state index is 0.0809. The summed E-state index contributed by atoms with van der Waals surface area (Å²) < 4.78 is 0. The molecular weight excluding hydrogens is 200 g/mol. The molecule has 2 N–H and O–H groups in total. The van der Waals surface area contributed by atoms with E-state index in [2.05, 4.69) is 27.7 Å². The maximum absolute atomic E-state index is 12.3. The largest absolute Gasteiger partial charge is 0.341 e. The molecular formula is C13H26N2O. The average Bonchev–Trinajstić information content (AvgIpc) is 2.95. The van der Waals surface area contributed by atoms with Gasteiger partial charge in [0.25, 0.3) is 0 Å². The smallest absolute Gasteiger partial charge is 0.242 e. The van der Waals surface area contributed by atoms with Crippen LogP contribution in [0, 0.1) is 11.3 Å². The van der Waals surface area contributed by atoms with Gasteiger partial charge in [0.15, 0.2) is 0 Å². The Balaban J connectivity index is 2.74. The molecule has 94 valence electrons. The van der Waals surface area contributed by atoms with Crippen LogP contribution in [-0.4, -0.2) is 29.4 Å². The molecule has 1 saturated carbocycles. The molecule has 0 aliphatic heterocycles. The number of nitrogens with zero attached hydrogens (tertiary/aromatic N) is 1. The van der Waals surface area contributed by atoms with Gasteiger partial charge in [-0.2, -0.15) is 0 Å². The Labute approximate surface area is 99.4 Å². The van der Waals surface area contributed by atoms with Gasteiger partial charge >= 0.3 is 0 Å². The van der Waals surface area contributed by atoms with E-state index in [-0.39, 0.29) is 17.4 Å². The van der Waals surface area contributed by atoms with Crippen molar-refractivity contribution in [3.63, 3.8) is 0 Å². The Morgan fingerprint density at radius 1 is 1.31 bits per heavy atom. The lowest BCUT2D eigenvalue weighted by atomic mass is 9.85. The van der Waals surface area contributed by atoms with Gasteiger partial charge in [0, 0.05) is 13.1 Å². The van der Waals surface area contributed by atoms with Crippen molar-refractivity contribution < 1.29 is 4.79 Å². The second-order valence-electron chi connectivity index (χ2n) is 6.52. The molecule has 0 aromatic carbocycles. The highest BCUT2D eigenvalue weighted by atomic mass is 16.2. The van der Waals surface area contributed by atoms with Crippen molar-refractivity contribution >= 4 is 5.91 Å². The van der Waals surface area contributed by atoms with Gasteiger partial charge < -0.3 is 10.6 Å². The summed E-state index contributed by atoms with van der Waals surface area (Å²) in [5, 5.41) is 0. The summed E-state index contributed by atoms with van der Waals surface area (Å²) in [6, 6.07) is 0.196. The highest BCUT2D eigenvalue weighted by Crippen LogP contribution is 2.39. The van der Waals surface area contributed by atoms with Crippen LogP contribution in [0.2, 0.25) is 0 Å². The van der Waals surface area contributed by atoms with Gasteiger partial charge in [0.1, 0.15) is 0 Å². The zero-order chi connectivity index (χ0) is 12.7. The molecule has 0 aromatic rings. The lowest BCUT2D eigenvalue weighted by Gasteiger charge is -2.39. The van der Waals surface area contributed by atoms with Crippen LogP contribution >= 0.6 is 0 Å². The van der Waals surface area contributed by atoms with E-state index < -0.39 is 5.54 Å². The van der Waals surface area contributed by atoms with Crippen molar-refractivity contribution in [1.82, 2.24) is 4.90 Å². The Kier molecular flexibility index (Phi) is 3.39. The van der Waals surface area contributed by atoms with E-state index in [1.165, 1.54) is 0 Å². The highest BCUT2D eigenvalue weighted by Gasteiger charge is 2.46. The van der Waals surface area contributed by atoms with Crippen molar-refractivity contribution in [3.05, 3.63) is 0 Å². The third-order valence-electron chi connectivity index (χ3n) is 4.04. The summed E-state index contributed by atoms with van der Waals surface area (Å²) in [5.74, 6) is 0.465. The molecule has 3 heteroatoms. The number of carbonyl (C=O) groups excluding carboxylic acids is 1. The van der Waals surface area contributed by atoms with Crippen LogP contribution in [0.1, 0.15) is 47.5 Å². The van der Waals surface area contributed by atoms with Crippen LogP contribution in [0.5, 0.6) is 0 Å². The number of likely N-dealkylation sites (N-methyl/N-ethyl adjacent to an activating group) is 1. The summed E-state index contributed by atoms with van der Waals surface area (Å²) in [5.41, 5.74) is 5.57. The minimum Gasteiger partial charge on any atom is -0.341 e. The third kappa shape index (κ3) is 2.57. The van der Waals surface area contributed by atoms with Gasteiger partial charge in [-0.05, 0) is 38.0 Å².